The molecule has 0 amide bonds. The Bertz CT molecular complexity index is 634. The van der Waals surface area contributed by atoms with Crippen LogP contribution in [0.5, 0.6) is 5.75 Å². The minimum atomic E-state index is -0.0374. The molecule has 2 nitrogen and oxygen atoms in total. The normalized spacial score (nSPS) is 12.2. The van der Waals surface area contributed by atoms with Gasteiger partial charge < -0.3 is 10.1 Å². The van der Waals surface area contributed by atoms with Crippen molar-refractivity contribution in [2.24, 2.45) is 0 Å². The smallest absolute Gasteiger partial charge is 0.124 e. The van der Waals surface area contributed by atoms with E-state index in [1.807, 2.05) is 44.3 Å². The first-order chi connectivity index (χ1) is 10.1. The fourth-order valence-corrected chi connectivity index (χ4v) is 3.41. The first-order valence-corrected chi connectivity index (χ1v) is 8.57. The molecule has 2 rings (SSSR count). The standard InChI is InChI=1S/C16H16Br2ClNO/c1-3-21-15-7-5-10(17)8-13(15)16(20-2)12-6-4-11(18)9-14(12)19/h4-9,16,20H,3H2,1-2H3. The monoisotopic (exact) mass is 431 g/mol. The molecule has 1 atom stereocenters. The average molecular weight is 434 g/mol. The van der Waals surface area contributed by atoms with Gasteiger partial charge in [0.2, 0.25) is 0 Å². The van der Waals surface area contributed by atoms with Crippen molar-refractivity contribution in [1.82, 2.24) is 5.32 Å². The molecule has 1 N–H and O–H groups in total. The number of benzene rings is 2. The van der Waals surface area contributed by atoms with Crippen molar-refractivity contribution >= 4 is 43.5 Å². The van der Waals surface area contributed by atoms with Crippen LogP contribution in [-0.4, -0.2) is 13.7 Å². The summed E-state index contributed by atoms with van der Waals surface area (Å²) >= 11 is 13.4. The van der Waals surface area contributed by atoms with Crippen molar-refractivity contribution in [3.05, 3.63) is 61.5 Å². The highest BCUT2D eigenvalue weighted by Crippen LogP contribution is 2.36. The van der Waals surface area contributed by atoms with Crippen molar-refractivity contribution in [2.45, 2.75) is 13.0 Å². The molecule has 112 valence electrons. The van der Waals surface area contributed by atoms with Gasteiger partial charge in [-0.3, -0.25) is 0 Å². The van der Waals surface area contributed by atoms with E-state index in [1.165, 1.54) is 0 Å². The molecule has 5 heteroatoms. The van der Waals surface area contributed by atoms with Crippen LogP contribution in [-0.2, 0) is 0 Å². The van der Waals surface area contributed by atoms with E-state index in [4.69, 9.17) is 16.3 Å². The van der Waals surface area contributed by atoms with E-state index in [0.29, 0.717) is 11.6 Å². The minimum Gasteiger partial charge on any atom is -0.494 e. The van der Waals surface area contributed by atoms with Crippen LogP contribution < -0.4 is 10.1 Å². The van der Waals surface area contributed by atoms with Crippen LogP contribution >= 0.6 is 43.5 Å². The predicted octanol–water partition coefficient (Wildman–Crippen LogP) is 5.57. The van der Waals surface area contributed by atoms with Crippen LogP contribution in [0.1, 0.15) is 24.1 Å². The maximum absolute atomic E-state index is 6.40. The lowest BCUT2D eigenvalue weighted by molar-refractivity contribution is 0.334. The molecule has 1 unspecified atom stereocenters. The number of hydrogen-bond donors (Lipinski definition) is 1. The van der Waals surface area contributed by atoms with Crippen LogP contribution in [0.15, 0.2) is 45.3 Å². The van der Waals surface area contributed by atoms with E-state index >= 15 is 0 Å². The number of rotatable bonds is 5. The van der Waals surface area contributed by atoms with E-state index in [9.17, 15) is 0 Å². The molecule has 0 aromatic heterocycles. The zero-order valence-corrected chi connectivity index (χ0v) is 15.7. The van der Waals surface area contributed by atoms with Crippen molar-refractivity contribution in [3.8, 4) is 5.75 Å². The maximum Gasteiger partial charge on any atom is 0.124 e. The van der Waals surface area contributed by atoms with Gasteiger partial charge in [0, 0.05) is 19.5 Å². The predicted molar refractivity (Wildman–Crippen MR) is 95.4 cm³/mol. The highest BCUT2D eigenvalue weighted by Gasteiger charge is 2.19. The molecule has 0 spiro atoms. The first-order valence-electron chi connectivity index (χ1n) is 6.61. The Morgan fingerprint density at radius 3 is 2.38 bits per heavy atom. The van der Waals surface area contributed by atoms with Crippen LogP contribution in [0, 0.1) is 0 Å². The fourth-order valence-electron chi connectivity index (χ4n) is 2.25. The summed E-state index contributed by atoms with van der Waals surface area (Å²) in [4.78, 5) is 0. The lowest BCUT2D eigenvalue weighted by atomic mass is 9.98. The molecule has 2 aromatic rings. The van der Waals surface area contributed by atoms with E-state index < -0.39 is 0 Å². The summed E-state index contributed by atoms with van der Waals surface area (Å²) in [7, 11) is 1.92. The highest BCUT2D eigenvalue weighted by atomic mass is 79.9. The Kier molecular flexibility index (Phi) is 6.11. The molecule has 21 heavy (non-hydrogen) atoms. The zero-order chi connectivity index (χ0) is 15.4. The number of halogens is 3. The third kappa shape index (κ3) is 4.01. The molecular weight excluding hydrogens is 417 g/mol. The first kappa shape index (κ1) is 16.8. The van der Waals surface area contributed by atoms with Gasteiger partial charge in [-0.2, -0.15) is 0 Å². The fraction of sp³-hybridized carbons (Fsp3) is 0.250. The molecule has 0 aliphatic heterocycles. The lowest BCUT2D eigenvalue weighted by Gasteiger charge is -2.22. The summed E-state index contributed by atoms with van der Waals surface area (Å²) in [5.74, 6) is 0.860. The van der Waals surface area contributed by atoms with Crippen molar-refractivity contribution < 1.29 is 4.74 Å². The Morgan fingerprint density at radius 2 is 1.76 bits per heavy atom. The van der Waals surface area contributed by atoms with Gasteiger partial charge in [-0.25, -0.2) is 0 Å². The Morgan fingerprint density at radius 1 is 1.10 bits per heavy atom. The van der Waals surface area contributed by atoms with Gasteiger partial charge in [-0.1, -0.05) is 49.5 Å². The van der Waals surface area contributed by atoms with Crippen LogP contribution in [0.4, 0.5) is 0 Å². The van der Waals surface area contributed by atoms with Gasteiger partial charge in [0.05, 0.1) is 12.6 Å². The summed E-state index contributed by atoms with van der Waals surface area (Å²) in [6.07, 6.45) is 0. The zero-order valence-electron chi connectivity index (χ0n) is 11.8. The molecule has 0 saturated heterocycles. The summed E-state index contributed by atoms with van der Waals surface area (Å²) in [6, 6.07) is 11.9. The quantitative estimate of drug-likeness (QED) is 0.665. The van der Waals surface area contributed by atoms with Crippen molar-refractivity contribution in [3.63, 3.8) is 0 Å². The van der Waals surface area contributed by atoms with E-state index in [-0.39, 0.29) is 6.04 Å². The SMILES string of the molecule is CCOc1ccc(Br)cc1C(NC)c1ccc(Br)cc1Cl. The molecule has 0 saturated carbocycles. The van der Waals surface area contributed by atoms with Gasteiger partial charge in [0.1, 0.15) is 5.75 Å². The molecule has 0 radical (unpaired) electrons. The third-order valence-electron chi connectivity index (χ3n) is 3.14. The lowest BCUT2D eigenvalue weighted by Crippen LogP contribution is -2.19. The van der Waals surface area contributed by atoms with Gasteiger partial charge in [-0.15, -0.1) is 0 Å². The molecule has 2 aromatic carbocycles. The van der Waals surface area contributed by atoms with Gasteiger partial charge >= 0.3 is 0 Å². The summed E-state index contributed by atoms with van der Waals surface area (Å²) in [6.45, 7) is 2.60. The number of nitrogens with one attached hydrogen (secondary N) is 1. The van der Waals surface area contributed by atoms with E-state index in [0.717, 1.165) is 25.8 Å². The van der Waals surface area contributed by atoms with E-state index in [1.54, 1.807) is 0 Å². The highest BCUT2D eigenvalue weighted by molar-refractivity contribution is 9.10. The second-order valence-electron chi connectivity index (χ2n) is 4.50. The van der Waals surface area contributed by atoms with Crippen LogP contribution in [0.3, 0.4) is 0 Å². The number of hydrogen-bond acceptors (Lipinski definition) is 2. The topological polar surface area (TPSA) is 21.3 Å². The van der Waals surface area contributed by atoms with Crippen LogP contribution in [0.2, 0.25) is 5.02 Å². The molecular formula is C16H16Br2ClNO. The Balaban J connectivity index is 2.52. The molecule has 0 fully saturated rings. The molecule has 0 bridgehead atoms. The third-order valence-corrected chi connectivity index (χ3v) is 4.46. The summed E-state index contributed by atoms with van der Waals surface area (Å²) in [5, 5.41) is 4.03. The van der Waals surface area contributed by atoms with Gasteiger partial charge in [0.15, 0.2) is 0 Å². The molecule has 0 aliphatic rings. The Labute approximate surface area is 147 Å². The van der Waals surface area contributed by atoms with Crippen LogP contribution in [0.25, 0.3) is 0 Å². The summed E-state index contributed by atoms with van der Waals surface area (Å²) in [5.41, 5.74) is 2.07. The second kappa shape index (κ2) is 7.63. The van der Waals surface area contributed by atoms with Gasteiger partial charge in [-0.05, 0) is 49.9 Å². The number of ether oxygens (including phenoxy) is 1. The maximum atomic E-state index is 6.40. The largest absolute Gasteiger partial charge is 0.494 e. The van der Waals surface area contributed by atoms with E-state index in [2.05, 4.69) is 43.2 Å². The second-order valence-corrected chi connectivity index (χ2v) is 6.74. The minimum absolute atomic E-state index is 0.0374. The van der Waals surface area contributed by atoms with Crippen molar-refractivity contribution in [1.29, 1.82) is 0 Å². The molecule has 0 heterocycles. The summed E-state index contributed by atoms with van der Waals surface area (Å²) < 4.78 is 7.72. The Hall–Kier alpha value is -0.550. The van der Waals surface area contributed by atoms with Crippen molar-refractivity contribution in [2.75, 3.05) is 13.7 Å². The molecule has 0 aliphatic carbocycles. The van der Waals surface area contributed by atoms with Gasteiger partial charge in [0.25, 0.3) is 0 Å². The average Bonchev–Trinajstić information content (AvgIpc) is 2.45.